The lowest BCUT2D eigenvalue weighted by Gasteiger charge is -2.31. The SMILES string of the molecule is CS(=O)(=O)c1ccc(C(=O)NC2CCC(n3c(=O)c4cc(F)cnc4n(C4CCSCC4)c3=O)CC2)cc1. The fourth-order valence-corrected chi connectivity index (χ4v) is 7.11. The van der Waals surface area contributed by atoms with Crippen LogP contribution >= 0.6 is 11.8 Å². The van der Waals surface area contributed by atoms with E-state index >= 15 is 0 Å². The van der Waals surface area contributed by atoms with Crippen molar-refractivity contribution in [3.05, 3.63) is 68.7 Å². The van der Waals surface area contributed by atoms with Crippen molar-refractivity contribution < 1.29 is 17.6 Å². The van der Waals surface area contributed by atoms with Crippen molar-refractivity contribution in [3.8, 4) is 0 Å². The van der Waals surface area contributed by atoms with Crippen LogP contribution in [0.15, 0.2) is 51.0 Å². The molecule has 0 atom stereocenters. The molecular weight excluding hydrogens is 531 g/mol. The molecule has 1 amide bonds. The van der Waals surface area contributed by atoms with E-state index in [1.165, 1.54) is 28.8 Å². The minimum Gasteiger partial charge on any atom is -0.349 e. The predicted molar refractivity (Wildman–Crippen MR) is 144 cm³/mol. The van der Waals surface area contributed by atoms with Crippen molar-refractivity contribution in [3.63, 3.8) is 0 Å². The van der Waals surface area contributed by atoms with Gasteiger partial charge in [0.2, 0.25) is 0 Å². The number of hydrogen-bond acceptors (Lipinski definition) is 7. The maximum atomic E-state index is 14.1. The highest BCUT2D eigenvalue weighted by molar-refractivity contribution is 7.99. The Hall–Kier alpha value is -2.99. The number of amides is 1. The van der Waals surface area contributed by atoms with Gasteiger partial charge in [0.05, 0.1) is 16.5 Å². The van der Waals surface area contributed by atoms with E-state index in [2.05, 4.69) is 10.3 Å². The number of carbonyl (C=O) groups excluding carboxylic acids is 1. The molecule has 1 N–H and O–H groups in total. The van der Waals surface area contributed by atoms with E-state index in [9.17, 15) is 27.2 Å². The van der Waals surface area contributed by atoms with Crippen LogP contribution in [0.1, 0.15) is 61.0 Å². The zero-order valence-electron chi connectivity index (χ0n) is 20.9. The van der Waals surface area contributed by atoms with Crippen LogP contribution in [-0.2, 0) is 9.84 Å². The van der Waals surface area contributed by atoms with Gasteiger partial charge in [0.25, 0.3) is 11.5 Å². The van der Waals surface area contributed by atoms with Crippen LogP contribution in [-0.4, -0.2) is 52.2 Å². The number of halogens is 1. The zero-order chi connectivity index (χ0) is 27.0. The van der Waals surface area contributed by atoms with Gasteiger partial charge in [-0.2, -0.15) is 11.8 Å². The van der Waals surface area contributed by atoms with Gasteiger partial charge in [-0.15, -0.1) is 0 Å². The van der Waals surface area contributed by atoms with E-state index in [1.54, 1.807) is 4.57 Å². The molecule has 1 aromatic carbocycles. The summed E-state index contributed by atoms with van der Waals surface area (Å²) in [5, 5.41) is 3.08. The Bertz CT molecular complexity index is 1590. The van der Waals surface area contributed by atoms with Gasteiger partial charge in [-0.05, 0) is 80.4 Å². The largest absolute Gasteiger partial charge is 0.349 e. The third-order valence-electron chi connectivity index (χ3n) is 7.42. The molecule has 0 spiro atoms. The molecule has 1 aliphatic heterocycles. The van der Waals surface area contributed by atoms with E-state index in [0.29, 0.717) is 31.2 Å². The van der Waals surface area contributed by atoms with E-state index < -0.39 is 26.9 Å². The Morgan fingerprint density at radius 2 is 1.63 bits per heavy atom. The molecule has 0 radical (unpaired) electrons. The first-order chi connectivity index (χ1) is 18.1. The van der Waals surface area contributed by atoms with Crippen molar-refractivity contribution in [1.82, 2.24) is 19.4 Å². The summed E-state index contributed by atoms with van der Waals surface area (Å²) in [6.45, 7) is 0. The number of nitrogens with zero attached hydrogens (tertiary/aromatic N) is 3. The molecule has 2 aliphatic rings. The van der Waals surface area contributed by atoms with Crippen molar-refractivity contribution in [1.29, 1.82) is 0 Å². The second kappa shape index (κ2) is 10.6. The van der Waals surface area contributed by atoms with Crippen LogP contribution in [0, 0.1) is 5.82 Å². The van der Waals surface area contributed by atoms with Gasteiger partial charge in [-0.25, -0.2) is 22.6 Å². The Balaban J connectivity index is 1.36. The van der Waals surface area contributed by atoms with Gasteiger partial charge in [0, 0.05) is 29.9 Å². The van der Waals surface area contributed by atoms with Crippen molar-refractivity contribution >= 4 is 38.5 Å². The summed E-state index contributed by atoms with van der Waals surface area (Å²) < 4.78 is 40.3. The van der Waals surface area contributed by atoms with E-state index in [-0.39, 0.29) is 40.0 Å². The quantitative estimate of drug-likeness (QED) is 0.509. The van der Waals surface area contributed by atoms with Crippen LogP contribution in [0.5, 0.6) is 0 Å². The lowest BCUT2D eigenvalue weighted by atomic mass is 9.90. The lowest BCUT2D eigenvalue weighted by molar-refractivity contribution is 0.0921. The van der Waals surface area contributed by atoms with Crippen LogP contribution in [0.25, 0.3) is 11.0 Å². The molecule has 2 aromatic heterocycles. The van der Waals surface area contributed by atoms with E-state index in [0.717, 1.165) is 42.9 Å². The highest BCUT2D eigenvalue weighted by Crippen LogP contribution is 2.30. The summed E-state index contributed by atoms with van der Waals surface area (Å²) in [4.78, 5) is 44.1. The smallest absolute Gasteiger partial charge is 0.333 e. The molecule has 12 heteroatoms. The number of thioether (sulfide) groups is 1. The molecule has 1 saturated heterocycles. The molecule has 1 aliphatic carbocycles. The number of nitrogens with one attached hydrogen (secondary N) is 1. The lowest BCUT2D eigenvalue weighted by Crippen LogP contribution is -2.46. The number of hydrogen-bond donors (Lipinski definition) is 1. The highest BCUT2D eigenvalue weighted by atomic mass is 32.2. The number of carbonyl (C=O) groups is 1. The summed E-state index contributed by atoms with van der Waals surface area (Å²) in [5.41, 5.74) is -0.348. The molecule has 38 heavy (non-hydrogen) atoms. The number of pyridine rings is 1. The minimum atomic E-state index is -3.35. The topological polar surface area (TPSA) is 120 Å². The molecule has 3 aromatic rings. The third-order valence-corrected chi connectivity index (χ3v) is 9.60. The average Bonchev–Trinajstić information content (AvgIpc) is 2.90. The second-order valence-corrected chi connectivity index (χ2v) is 13.2. The fraction of sp³-hybridized carbons (Fsp3) is 0.462. The molecule has 0 unspecified atom stereocenters. The van der Waals surface area contributed by atoms with Gasteiger partial charge < -0.3 is 5.32 Å². The molecule has 1 saturated carbocycles. The predicted octanol–water partition coefficient (Wildman–Crippen LogP) is 3.08. The third kappa shape index (κ3) is 5.28. The Morgan fingerprint density at radius 3 is 2.26 bits per heavy atom. The highest BCUT2D eigenvalue weighted by Gasteiger charge is 2.30. The van der Waals surface area contributed by atoms with Gasteiger partial charge in [0.1, 0.15) is 11.5 Å². The number of rotatable bonds is 5. The van der Waals surface area contributed by atoms with Gasteiger partial charge in [-0.3, -0.25) is 18.7 Å². The van der Waals surface area contributed by atoms with Crippen LogP contribution < -0.4 is 16.6 Å². The summed E-state index contributed by atoms with van der Waals surface area (Å²) in [6.07, 6.45) is 5.83. The maximum Gasteiger partial charge on any atom is 0.333 e. The molecular formula is C26H29FN4O5S2. The number of fused-ring (bicyclic) bond motifs is 1. The van der Waals surface area contributed by atoms with Crippen molar-refractivity contribution in [2.45, 2.75) is 61.5 Å². The molecule has 2 fully saturated rings. The fourth-order valence-electron chi connectivity index (χ4n) is 5.40. The zero-order valence-corrected chi connectivity index (χ0v) is 22.6. The van der Waals surface area contributed by atoms with Crippen LogP contribution in [0.4, 0.5) is 4.39 Å². The Morgan fingerprint density at radius 1 is 1.00 bits per heavy atom. The molecule has 5 rings (SSSR count). The molecule has 0 bridgehead atoms. The standard InChI is InChI=1S/C26H29FN4O5S2/c1-38(35,36)21-8-2-16(3-9-21)24(32)29-18-4-6-19(7-5-18)31-25(33)22-14-17(27)15-28-23(22)30(26(31)34)20-10-12-37-13-11-20/h2-3,8-9,14-15,18-20H,4-7,10-13H2,1H3,(H,29,32). The van der Waals surface area contributed by atoms with Crippen molar-refractivity contribution in [2.24, 2.45) is 0 Å². The summed E-state index contributed by atoms with van der Waals surface area (Å²) >= 11 is 1.82. The monoisotopic (exact) mass is 560 g/mol. The number of sulfone groups is 1. The normalized spacial score (nSPS) is 20.9. The first-order valence-electron chi connectivity index (χ1n) is 12.6. The summed E-state index contributed by atoms with van der Waals surface area (Å²) in [5.74, 6) is 0.874. The van der Waals surface area contributed by atoms with Gasteiger partial charge in [0.15, 0.2) is 9.84 Å². The van der Waals surface area contributed by atoms with Crippen molar-refractivity contribution in [2.75, 3.05) is 17.8 Å². The molecule has 3 heterocycles. The van der Waals surface area contributed by atoms with E-state index in [4.69, 9.17) is 0 Å². The van der Waals surface area contributed by atoms with Gasteiger partial charge in [-0.1, -0.05) is 0 Å². The van der Waals surface area contributed by atoms with Crippen LogP contribution in [0.3, 0.4) is 0 Å². The first kappa shape index (κ1) is 26.6. The van der Waals surface area contributed by atoms with E-state index in [1.807, 2.05) is 11.8 Å². The Labute approximate surface area is 223 Å². The van der Waals surface area contributed by atoms with Crippen LogP contribution in [0.2, 0.25) is 0 Å². The van der Waals surface area contributed by atoms with Gasteiger partial charge >= 0.3 is 5.69 Å². The number of benzene rings is 1. The Kier molecular flexibility index (Phi) is 7.45. The second-order valence-electron chi connectivity index (χ2n) is 9.97. The summed E-state index contributed by atoms with van der Waals surface area (Å²) in [6, 6.07) is 6.31. The number of aromatic nitrogens is 3. The first-order valence-corrected chi connectivity index (χ1v) is 15.7. The maximum absolute atomic E-state index is 14.1. The average molecular weight is 561 g/mol. The molecule has 202 valence electrons. The molecule has 9 nitrogen and oxygen atoms in total. The minimum absolute atomic E-state index is 0.0965. The summed E-state index contributed by atoms with van der Waals surface area (Å²) in [7, 11) is -3.35.